The van der Waals surface area contributed by atoms with Gasteiger partial charge in [0.05, 0.1) is 24.2 Å². The fraction of sp³-hybridized carbons (Fsp3) is 0.929. The highest BCUT2D eigenvalue weighted by molar-refractivity contribution is 5.73. The van der Waals surface area contributed by atoms with Gasteiger partial charge in [-0.25, -0.2) is 0 Å². The summed E-state index contributed by atoms with van der Waals surface area (Å²) in [6, 6.07) is 0. The first-order valence-electron chi connectivity index (χ1n) is 7.04. The number of ether oxygens (including phenoxy) is 3. The summed E-state index contributed by atoms with van der Waals surface area (Å²) in [4.78, 5) is 11.9. The van der Waals surface area contributed by atoms with Gasteiger partial charge < -0.3 is 24.4 Å². The molecule has 118 valence electrons. The molecular weight excluding hydrogens is 264 g/mol. The summed E-state index contributed by atoms with van der Waals surface area (Å²) in [6.07, 6.45) is -1.42. The number of esters is 1. The van der Waals surface area contributed by atoms with E-state index in [-0.39, 0.29) is 37.1 Å². The highest BCUT2D eigenvalue weighted by Gasteiger charge is 2.42. The summed E-state index contributed by atoms with van der Waals surface area (Å²) in [7, 11) is 1.53. The lowest BCUT2D eigenvalue weighted by molar-refractivity contribution is -0.196. The van der Waals surface area contributed by atoms with Crippen LogP contribution in [0.15, 0.2) is 0 Å². The monoisotopic (exact) mass is 290 g/mol. The lowest BCUT2D eigenvalue weighted by Crippen LogP contribution is -2.49. The zero-order valence-electron chi connectivity index (χ0n) is 12.6. The van der Waals surface area contributed by atoms with Crippen LogP contribution >= 0.6 is 0 Å². The lowest BCUT2D eigenvalue weighted by Gasteiger charge is -2.39. The minimum absolute atomic E-state index is 0.0403. The van der Waals surface area contributed by atoms with Gasteiger partial charge in [0.1, 0.15) is 12.9 Å². The van der Waals surface area contributed by atoms with Crippen molar-refractivity contribution < 1.29 is 29.2 Å². The fourth-order valence-electron chi connectivity index (χ4n) is 2.63. The van der Waals surface area contributed by atoms with Crippen molar-refractivity contribution in [3.05, 3.63) is 0 Å². The summed E-state index contributed by atoms with van der Waals surface area (Å²) in [5.74, 6) is -0.717. The molecule has 6 heteroatoms. The van der Waals surface area contributed by atoms with Crippen LogP contribution in [0, 0.1) is 11.8 Å². The van der Waals surface area contributed by atoms with Crippen molar-refractivity contribution in [3.8, 4) is 0 Å². The molecule has 0 spiro atoms. The van der Waals surface area contributed by atoms with E-state index in [2.05, 4.69) is 0 Å². The van der Waals surface area contributed by atoms with Gasteiger partial charge in [-0.3, -0.25) is 4.79 Å². The van der Waals surface area contributed by atoms with Gasteiger partial charge in [-0.1, -0.05) is 6.92 Å². The summed E-state index contributed by atoms with van der Waals surface area (Å²) in [6.45, 7) is 5.44. The van der Waals surface area contributed by atoms with Gasteiger partial charge in [0.2, 0.25) is 0 Å². The Morgan fingerprint density at radius 1 is 1.35 bits per heavy atom. The van der Waals surface area contributed by atoms with Crippen molar-refractivity contribution in [2.24, 2.45) is 11.8 Å². The number of aliphatic hydroxyl groups excluding tert-OH is 2. The Morgan fingerprint density at radius 3 is 2.55 bits per heavy atom. The van der Waals surface area contributed by atoms with E-state index in [1.54, 1.807) is 13.8 Å². The first-order chi connectivity index (χ1) is 9.36. The van der Waals surface area contributed by atoms with Gasteiger partial charge in [0, 0.05) is 19.4 Å². The van der Waals surface area contributed by atoms with Gasteiger partial charge in [-0.15, -0.1) is 0 Å². The average molecular weight is 290 g/mol. The highest BCUT2D eigenvalue weighted by atomic mass is 16.7. The third kappa shape index (κ3) is 4.70. The number of carbonyl (C=O) groups is 1. The third-order valence-corrected chi connectivity index (χ3v) is 3.73. The molecule has 0 aromatic carbocycles. The van der Waals surface area contributed by atoms with E-state index in [1.165, 1.54) is 7.11 Å². The van der Waals surface area contributed by atoms with Crippen LogP contribution in [0.3, 0.4) is 0 Å². The maximum absolute atomic E-state index is 11.9. The minimum atomic E-state index is -0.702. The Balaban J connectivity index is 2.64. The second kappa shape index (κ2) is 7.93. The predicted octanol–water partition coefficient (Wildman–Crippen LogP) is 0.695. The number of methoxy groups -OCH3 is 1. The SMILES string of the molecule is COCO[C@H]1[C@@H](C)[C@H](C[C@@H](O)C[C@@H](C)O)OC(=O)[C@H]1C. The van der Waals surface area contributed by atoms with E-state index < -0.39 is 18.3 Å². The smallest absolute Gasteiger partial charge is 0.311 e. The van der Waals surface area contributed by atoms with E-state index in [1.807, 2.05) is 6.92 Å². The first-order valence-corrected chi connectivity index (χ1v) is 7.04. The van der Waals surface area contributed by atoms with Crippen LogP contribution in [0.2, 0.25) is 0 Å². The van der Waals surface area contributed by atoms with E-state index in [0.29, 0.717) is 6.42 Å². The molecule has 0 unspecified atom stereocenters. The van der Waals surface area contributed by atoms with Crippen LogP contribution in [0.4, 0.5) is 0 Å². The van der Waals surface area contributed by atoms with Crippen LogP contribution in [-0.4, -0.2) is 54.5 Å². The second-order valence-electron chi connectivity index (χ2n) is 5.64. The standard InChI is InChI=1S/C14H26O6/c1-8(15)5-11(16)6-12-9(2)13(19-7-18-4)10(3)14(17)20-12/h8-13,15-16H,5-7H2,1-4H3/t8-,9+,10+,11+,12+,13+/m1/s1. The van der Waals surface area contributed by atoms with Crippen LogP contribution in [-0.2, 0) is 19.0 Å². The fourth-order valence-corrected chi connectivity index (χ4v) is 2.63. The van der Waals surface area contributed by atoms with Crippen molar-refractivity contribution in [1.29, 1.82) is 0 Å². The molecule has 0 aliphatic carbocycles. The quantitative estimate of drug-likeness (QED) is 0.530. The van der Waals surface area contributed by atoms with E-state index in [4.69, 9.17) is 14.2 Å². The minimum Gasteiger partial charge on any atom is -0.462 e. The average Bonchev–Trinajstić information content (AvgIpc) is 2.35. The van der Waals surface area contributed by atoms with Gasteiger partial charge >= 0.3 is 5.97 Å². The number of rotatable bonds is 7. The molecule has 0 saturated carbocycles. The van der Waals surface area contributed by atoms with Gasteiger partial charge in [0.25, 0.3) is 0 Å². The van der Waals surface area contributed by atoms with Gasteiger partial charge in [-0.05, 0) is 20.3 Å². The normalized spacial score (nSPS) is 33.6. The van der Waals surface area contributed by atoms with Crippen molar-refractivity contribution >= 4 is 5.97 Å². The van der Waals surface area contributed by atoms with E-state index >= 15 is 0 Å². The van der Waals surface area contributed by atoms with E-state index in [0.717, 1.165) is 0 Å². The van der Waals surface area contributed by atoms with Crippen LogP contribution in [0.1, 0.15) is 33.6 Å². The Bertz CT molecular complexity index is 306. The number of aliphatic hydroxyl groups is 2. The molecule has 20 heavy (non-hydrogen) atoms. The van der Waals surface area contributed by atoms with Crippen molar-refractivity contribution in [1.82, 2.24) is 0 Å². The molecule has 1 aliphatic heterocycles. The summed E-state index contributed by atoms with van der Waals surface area (Å²) in [5.41, 5.74) is 0. The number of hydrogen-bond acceptors (Lipinski definition) is 6. The second-order valence-corrected chi connectivity index (χ2v) is 5.64. The van der Waals surface area contributed by atoms with Crippen LogP contribution in [0.5, 0.6) is 0 Å². The molecule has 2 N–H and O–H groups in total. The number of hydrogen-bond donors (Lipinski definition) is 2. The Labute approximate surface area is 120 Å². The Kier molecular flexibility index (Phi) is 6.88. The summed E-state index contributed by atoms with van der Waals surface area (Å²) >= 11 is 0. The number of carbonyl (C=O) groups excluding carboxylic acids is 1. The highest BCUT2D eigenvalue weighted by Crippen LogP contribution is 2.31. The Morgan fingerprint density at radius 2 is 2.00 bits per heavy atom. The van der Waals surface area contributed by atoms with Crippen LogP contribution < -0.4 is 0 Å². The summed E-state index contributed by atoms with van der Waals surface area (Å²) < 4.78 is 15.8. The molecule has 0 radical (unpaired) electrons. The molecule has 6 nitrogen and oxygen atoms in total. The molecule has 0 amide bonds. The zero-order valence-corrected chi connectivity index (χ0v) is 12.6. The topological polar surface area (TPSA) is 85.2 Å². The molecule has 0 aromatic heterocycles. The maximum atomic E-state index is 11.9. The first kappa shape index (κ1) is 17.4. The van der Waals surface area contributed by atoms with Crippen molar-refractivity contribution in [2.45, 2.75) is 58.0 Å². The predicted molar refractivity (Wildman–Crippen MR) is 71.9 cm³/mol. The molecule has 1 heterocycles. The van der Waals surface area contributed by atoms with Gasteiger partial charge in [0.15, 0.2) is 0 Å². The largest absolute Gasteiger partial charge is 0.462 e. The van der Waals surface area contributed by atoms with Crippen molar-refractivity contribution in [3.63, 3.8) is 0 Å². The molecule has 0 aromatic rings. The molecule has 6 atom stereocenters. The Hall–Kier alpha value is -0.690. The molecule has 1 fully saturated rings. The molecule has 0 bridgehead atoms. The van der Waals surface area contributed by atoms with Crippen LogP contribution in [0.25, 0.3) is 0 Å². The third-order valence-electron chi connectivity index (χ3n) is 3.73. The molecule has 1 rings (SSSR count). The van der Waals surface area contributed by atoms with Gasteiger partial charge in [-0.2, -0.15) is 0 Å². The lowest BCUT2D eigenvalue weighted by atomic mass is 9.83. The summed E-state index contributed by atoms with van der Waals surface area (Å²) in [5, 5.41) is 19.2. The number of cyclic esters (lactones) is 1. The van der Waals surface area contributed by atoms with Crippen molar-refractivity contribution in [2.75, 3.05) is 13.9 Å². The molecule has 1 aliphatic rings. The van der Waals surface area contributed by atoms with E-state index in [9.17, 15) is 15.0 Å². The molecular formula is C14H26O6. The zero-order chi connectivity index (χ0) is 15.3. The molecule has 1 saturated heterocycles. The maximum Gasteiger partial charge on any atom is 0.311 e.